The number of nitrogens with two attached hydrogens (primary N) is 1. The van der Waals surface area contributed by atoms with Crippen LogP contribution in [-0.2, 0) is 10.0 Å². The van der Waals surface area contributed by atoms with Gasteiger partial charge in [0.2, 0.25) is 10.0 Å². The van der Waals surface area contributed by atoms with E-state index in [1.807, 2.05) is 0 Å². The molecule has 0 unspecified atom stereocenters. The standard InChI is InChI=1S/C11H15BrN2O2S/c12-8-5-6-10(13)11(7-8)17(15,16)14-9-3-1-2-4-9/h5-7,9,14H,1-4,13H2. The summed E-state index contributed by atoms with van der Waals surface area (Å²) in [5.41, 5.74) is 5.99. The maximum Gasteiger partial charge on any atom is 0.242 e. The van der Waals surface area contributed by atoms with Crippen LogP contribution in [0.1, 0.15) is 25.7 Å². The Morgan fingerprint density at radius 2 is 1.94 bits per heavy atom. The first-order valence-corrected chi connectivity index (χ1v) is 7.84. The van der Waals surface area contributed by atoms with Crippen LogP contribution < -0.4 is 10.5 Å². The first kappa shape index (κ1) is 12.9. The van der Waals surface area contributed by atoms with Gasteiger partial charge in [0, 0.05) is 10.5 Å². The summed E-state index contributed by atoms with van der Waals surface area (Å²) in [7, 11) is -3.50. The Morgan fingerprint density at radius 1 is 1.29 bits per heavy atom. The zero-order valence-corrected chi connectivity index (χ0v) is 11.7. The van der Waals surface area contributed by atoms with Crippen molar-refractivity contribution in [2.24, 2.45) is 0 Å². The van der Waals surface area contributed by atoms with E-state index in [-0.39, 0.29) is 16.6 Å². The third-order valence-corrected chi connectivity index (χ3v) is 5.01. The minimum absolute atomic E-state index is 0.0541. The fraction of sp³-hybridized carbons (Fsp3) is 0.455. The summed E-state index contributed by atoms with van der Waals surface area (Å²) >= 11 is 3.25. The molecule has 1 aliphatic carbocycles. The number of hydrogen-bond donors (Lipinski definition) is 2. The molecular formula is C11H15BrN2O2S. The second-order valence-electron chi connectivity index (χ2n) is 4.28. The molecule has 0 atom stereocenters. The van der Waals surface area contributed by atoms with Gasteiger partial charge in [0.1, 0.15) is 4.90 Å². The molecule has 1 aliphatic rings. The van der Waals surface area contributed by atoms with E-state index in [2.05, 4.69) is 20.7 Å². The predicted octanol–water partition coefficient (Wildman–Crippen LogP) is 2.25. The van der Waals surface area contributed by atoms with E-state index in [9.17, 15) is 8.42 Å². The van der Waals surface area contributed by atoms with Gasteiger partial charge in [0.25, 0.3) is 0 Å². The number of benzene rings is 1. The van der Waals surface area contributed by atoms with Crippen molar-refractivity contribution in [1.82, 2.24) is 4.72 Å². The van der Waals surface area contributed by atoms with Crippen molar-refractivity contribution >= 4 is 31.6 Å². The van der Waals surface area contributed by atoms with E-state index in [1.54, 1.807) is 12.1 Å². The topological polar surface area (TPSA) is 72.2 Å². The van der Waals surface area contributed by atoms with E-state index < -0.39 is 10.0 Å². The molecule has 94 valence electrons. The number of anilines is 1. The Balaban J connectivity index is 2.27. The van der Waals surface area contributed by atoms with E-state index in [0.717, 1.165) is 25.7 Å². The smallest absolute Gasteiger partial charge is 0.242 e. The van der Waals surface area contributed by atoms with Crippen molar-refractivity contribution in [2.75, 3.05) is 5.73 Å². The summed E-state index contributed by atoms with van der Waals surface area (Å²) < 4.78 is 27.7. The molecule has 0 heterocycles. The highest BCUT2D eigenvalue weighted by molar-refractivity contribution is 9.10. The minimum Gasteiger partial charge on any atom is -0.398 e. The van der Waals surface area contributed by atoms with Crippen LogP contribution in [0.4, 0.5) is 5.69 Å². The lowest BCUT2D eigenvalue weighted by Crippen LogP contribution is -2.33. The molecule has 0 aliphatic heterocycles. The average molecular weight is 319 g/mol. The SMILES string of the molecule is Nc1ccc(Br)cc1S(=O)(=O)NC1CCCC1. The van der Waals surface area contributed by atoms with Gasteiger partial charge in [0.15, 0.2) is 0 Å². The molecule has 0 radical (unpaired) electrons. The van der Waals surface area contributed by atoms with E-state index >= 15 is 0 Å². The van der Waals surface area contributed by atoms with Gasteiger partial charge >= 0.3 is 0 Å². The van der Waals surface area contributed by atoms with Crippen molar-refractivity contribution in [3.8, 4) is 0 Å². The molecule has 1 fully saturated rings. The lowest BCUT2D eigenvalue weighted by molar-refractivity contribution is 0.552. The van der Waals surface area contributed by atoms with Gasteiger partial charge in [0.05, 0.1) is 5.69 Å². The fourth-order valence-corrected chi connectivity index (χ4v) is 4.04. The largest absolute Gasteiger partial charge is 0.398 e. The highest BCUT2D eigenvalue weighted by Gasteiger charge is 2.24. The van der Waals surface area contributed by atoms with E-state index in [1.165, 1.54) is 6.07 Å². The molecule has 0 saturated heterocycles. The first-order valence-electron chi connectivity index (χ1n) is 5.56. The Labute approximate surface area is 110 Å². The molecule has 6 heteroatoms. The molecule has 0 spiro atoms. The van der Waals surface area contributed by atoms with Gasteiger partial charge in [-0.05, 0) is 31.0 Å². The molecule has 1 aromatic rings. The minimum atomic E-state index is -3.50. The summed E-state index contributed by atoms with van der Waals surface area (Å²) in [6.45, 7) is 0. The average Bonchev–Trinajstić information content (AvgIpc) is 2.73. The molecule has 1 saturated carbocycles. The quantitative estimate of drug-likeness (QED) is 0.840. The van der Waals surface area contributed by atoms with Gasteiger partial charge in [-0.25, -0.2) is 13.1 Å². The number of sulfonamides is 1. The predicted molar refractivity (Wildman–Crippen MR) is 71.1 cm³/mol. The van der Waals surface area contributed by atoms with Gasteiger partial charge in [-0.2, -0.15) is 0 Å². The highest BCUT2D eigenvalue weighted by atomic mass is 79.9. The number of rotatable bonds is 3. The number of nitrogen functional groups attached to an aromatic ring is 1. The monoisotopic (exact) mass is 318 g/mol. The number of nitrogens with one attached hydrogen (secondary N) is 1. The molecule has 2 rings (SSSR count). The second-order valence-corrected chi connectivity index (χ2v) is 6.88. The Hall–Kier alpha value is -0.590. The van der Waals surface area contributed by atoms with Gasteiger partial charge in [-0.3, -0.25) is 0 Å². The molecule has 17 heavy (non-hydrogen) atoms. The van der Waals surface area contributed by atoms with Gasteiger partial charge < -0.3 is 5.73 Å². The summed E-state index contributed by atoms with van der Waals surface area (Å²) in [5.74, 6) is 0. The van der Waals surface area contributed by atoms with Crippen LogP contribution in [0.15, 0.2) is 27.6 Å². The van der Waals surface area contributed by atoms with Crippen LogP contribution in [0.3, 0.4) is 0 Å². The Morgan fingerprint density at radius 3 is 2.59 bits per heavy atom. The van der Waals surface area contributed by atoms with Crippen LogP contribution in [0.2, 0.25) is 0 Å². The zero-order valence-electron chi connectivity index (χ0n) is 9.32. The summed E-state index contributed by atoms with van der Waals surface area (Å²) in [4.78, 5) is 0.152. The van der Waals surface area contributed by atoms with E-state index in [4.69, 9.17) is 5.73 Å². The maximum absolute atomic E-state index is 12.1. The summed E-state index contributed by atoms with van der Waals surface area (Å²) in [5, 5.41) is 0. The van der Waals surface area contributed by atoms with Crippen LogP contribution in [0, 0.1) is 0 Å². The third kappa shape index (κ3) is 3.00. The van der Waals surface area contributed by atoms with Crippen molar-refractivity contribution in [2.45, 2.75) is 36.6 Å². The second kappa shape index (κ2) is 4.96. The fourth-order valence-electron chi connectivity index (χ4n) is 2.07. The summed E-state index contributed by atoms with van der Waals surface area (Å²) in [6, 6.07) is 4.91. The van der Waals surface area contributed by atoms with Crippen molar-refractivity contribution < 1.29 is 8.42 Å². The Kier molecular flexibility index (Phi) is 3.75. The normalized spacial score (nSPS) is 17.5. The van der Waals surface area contributed by atoms with Crippen LogP contribution in [0.25, 0.3) is 0 Å². The molecule has 0 bridgehead atoms. The van der Waals surface area contributed by atoms with Crippen LogP contribution in [-0.4, -0.2) is 14.5 Å². The Bertz CT molecular complexity index is 510. The van der Waals surface area contributed by atoms with Crippen molar-refractivity contribution in [1.29, 1.82) is 0 Å². The number of hydrogen-bond acceptors (Lipinski definition) is 3. The molecule has 1 aromatic carbocycles. The van der Waals surface area contributed by atoms with Gasteiger partial charge in [-0.1, -0.05) is 28.8 Å². The molecule has 4 nitrogen and oxygen atoms in total. The van der Waals surface area contributed by atoms with Crippen LogP contribution in [0.5, 0.6) is 0 Å². The lowest BCUT2D eigenvalue weighted by atomic mass is 10.3. The highest BCUT2D eigenvalue weighted by Crippen LogP contribution is 2.25. The zero-order chi connectivity index (χ0) is 12.5. The third-order valence-electron chi connectivity index (χ3n) is 2.94. The van der Waals surface area contributed by atoms with Crippen LogP contribution >= 0.6 is 15.9 Å². The first-order chi connectivity index (χ1) is 7.99. The molecule has 3 N–H and O–H groups in total. The lowest BCUT2D eigenvalue weighted by Gasteiger charge is -2.14. The number of halogens is 1. The maximum atomic E-state index is 12.1. The molecule has 0 amide bonds. The van der Waals surface area contributed by atoms with Crippen molar-refractivity contribution in [3.05, 3.63) is 22.7 Å². The van der Waals surface area contributed by atoms with E-state index in [0.29, 0.717) is 4.47 Å². The van der Waals surface area contributed by atoms with Gasteiger partial charge in [-0.15, -0.1) is 0 Å². The molecular weight excluding hydrogens is 304 g/mol. The summed E-state index contributed by atoms with van der Waals surface area (Å²) in [6.07, 6.45) is 3.99. The molecule has 0 aromatic heterocycles. The van der Waals surface area contributed by atoms with Crippen molar-refractivity contribution in [3.63, 3.8) is 0 Å².